The van der Waals surface area contributed by atoms with E-state index in [4.69, 9.17) is 0 Å². The summed E-state index contributed by atoms with van der Waals surface area (Å²) < 4.78 is 0. The minimum absolute atomic E-state index is 0.150. The smallest absolute Gasteiger partial charge is 0.260 e. The molecule has 1 N–H and O–H groups in total. The largest absolute Gasteiger partial charge is 0.298 e. The van der Waals surface area contributed by atoms with Crippen LogP contribution in [0.4, 0.5) is 4.79 Å². The van der Waals surface area contributed by atoms with Gasteiger partial charge in [0.1, 0.15) is 0 Å². The average molecular weight is 200 g/mol. The maximum Gasteiger partial charge on any atom is 0.298 e. The molecule has 64 valence electrons. The van der Waals surface area contributed by atoms with E-state index in [1.807, 2.05) is 17.5 Å². The fourth-order valence-electron chi connectivity index (χ4n) is 0.559. The topological polar surface area (TPSA) is 41.5 Å². The quantitative estimate of drug-likeness (QED) is 0.587. The summed E-state index contributed by atoms with van der Waals surface area (Å²) in [6, 6.07) is 3.86. The number of nitrogens with zero attached hydrogens (tertiary/aromatic N) is 1. The number of thioether (sulfide) groups is 1. The van der Waals surface area contributed by atoms with Crippen molar-refractivity contribution in [3.8, 4) is 0 Å². The monoisotopic (exact) mass is 200 g/mol. The van der Waals surface area contributed by atoms with Crippen LogP contribution >= 0.6 is 23.1 Å². The molecule has 3 nitrogen and oxygen atoms in total. The molecule has 12 heavy (non-hydrogen) atoms. The molecule has 0 saturated heterocycles. The van der Waals surface area contributed by atoms with Gasteiger partial charge in [-0.1, -0.05) is 17.8 Å². The first-order chi connectivity index (χ1) is 5.83. The maximum atomic E-state index is 10.7. The second-order valence-corrected chi connectivity index (χ2v) is 3.64. The van der Waals surface area contributed by atoms with Crippen molar-refractivity contribution in [3.63, 3.8) is 0 Å². The van der Waals surface area contributed by atoms with Crippen LogP contribution < -0.4 is 5.43 Å². The van der Waals surface area contributed by atoms with E-state index in [-0.39, 0.29) is 5.24 Å². The number of hydrogen-bond donors (Lipinski definition) is 1. The van der Waals surface area contributed by atoms with Crippen LogP contribution in [0.5, 0.6) is 0 Å². The maximum absolute atomic E-state index is 10.7. The van der Waals surface area contributed by atoms with E-state index in [0.717, 1.165) is 16.6 Å². The van der Waals surface area contributed by atoms with Crippen LogP contribution in [0.2, 0.25) is 0 Å². The van der Waals surface area contributed by atoms with Crippen LogP contribution in [0.1, 0.15) is 4.88 Å². The SMILES string of the molecule is CSC(=O)N/N=C/c1cccs1. The predicted octanol–water partition coefficient (Wildman–Crippen LogP) is 2.15. The van der Waals surface area contributed by atoms with E-state index in [2.05, 4.69) is 10.5 Å². The fourth-order valence-corrected chi connectivity index (χ4v) is 1.29. The van der Waals surface area contributed by atoms with E-state index < -0.39 is 0 Å². The molecule has 1 aromatic rings. The molecule has 1 amide bonds. The molecule has 5 heteroatoms. The van der Waals surface area contributed by atoms with Crippen LogP contribution in [0.25, 0.3) is 0 Å². The molecule has 1 rings (SSSR count). The van der Waals surface area contributed by atoms with E-state index in [0.29, 0.717) is 0 Å². The summed E-state index contributed by atoms with van der Waals surface area (Å²) in [5.74, 6) is 0. The van der Waals surface area contributed by atoms with Gasteiger partial charge >= 0.3 is 0 Å². The number of hydrazone groups is 1. The summed E-state index contributed by atoms with van der Waals surface area (Å²) in [6.07, 6.45) is 3.33. The van der Waals surface area contributed by atoms with Gasteiger partial charge in [0.25, 0.3) is 5.24 Å². The summed E-state index contributed by atoms with van der Waals surface area (Å²) in [5.41, 5.74) is 2.37. The number of amides is 1. The normalized spacial score (nSPS) is 10.4. The van der Waals surface area contributed by atoms with Crippen molar-refractivity contribution in [1.82, 2.24) is 5.43 Å². The van der Waals surface area contributed by atoms with Crippen LogP contribution in [0.15, 0.2) is 22.6 Å². The van der Waals surface area contributed by atoms with Gasteiger partial charge in [0, 0.05) is 4.88 Å². The molecular formula is C7H8N2OS2. The second kappa shape index (κ2) is 4.95. The van der Waals surface area contributed by atoms with Crippen molar-refractivity contribution in [1.29, 1.82) is 0 Å². The molecule has 0 fully saturated rings. The van der Waals surface area contributed by atoms with Gasteiger partial charge in [0.15, 0.2) is 0 Å². The highest BCUT2D eigenvalue weighted by atomic mass is 32.2. The van der Waals surface area contributed by atoms with Gasteiger partial charge < -0.3 is 0 Å². The predicted molar refractivity (Wildman–Crippen MR) is 54.0 cm³/mol. The number of carbonyl (C=O) groups is 1. The molecule has 0 aliphatic rings. The zero-order valence-electron chi connectivity index (χ0n) is 6.48. The van der Waals surface area contributed by atoms with E-state index >= 15 is 0 Å². The van der Waals surface area contributed by atoms with Gasteiger partial charge in [-0.25, -0.2) is 5.43 Å². The highest BCUT2D eigenvalue weighted by Gasteiger charge is 1.92. The number of rotatable bonds is 2. The summed E-state index contributed by atoms with van der Waals surface area (Å²) in [4.78, 5) is 11.7. The Kier molecular flexibility index (Phi) is 3.83. The summed E-state index contributed by atoms with van der Waals surface area (Å²) in [6.45, 7) is 0. The Hall–Kier alpha value is -0.810. The lowest BCUT2D eigenvalue weighted by molar-refractivity contribution is 0.261. The molecule has 0 radical (unpaired) electrons. The van der Waals surface area contributed by atoms with E-state index in [9.17, 15) is 4.79 Å². The number of hydrogen-bond acceptors (Lipinski definition) is 4. The van der Waals surface area contributed by atoms with Crippen molar-refractivity contribution in [2.75, 3.05) is 6.26 Å². The van der Waals surface area contributed by atoms with Gasteiger partial charge in [0.2, 0.25) is 0 Å². The van der Waals surface area contributed by atoms with Crippen LogP contribution in [-0.4, -0.2) is 17.7 Å². The van der Waals surface area contributed by atoms with Crippen LogP contribution in [0, 0.1) is 0 Å². The van der Waals surface area contributed by atoms with Crippen molar-refractivity contribution in [3.05, 3.63) is 22.4 Å². The standard InChI is InChI=1S/C7H8N2OS2/c1-11-7(10)9-8-5-6-3-2-4-12-6/h2-5H,1H3,(H,9,10)/b8-5+. The zero-order chi connectivity index (χ0) is 8.81. The highest BCUT2D eigenvalue weighted by molar-refractivity contribution is 8.12. The molecular weight excluding hydrogens is 192 g/mol. The van der Waals surface area contributed by atoms with Gasteiger partial charge in [-0.2, -0.15) is 5.10 Å². The van der Waals surface area contributed by atoms with Gasteiger partial charge in [0.05, 0.1) is 6.21 Å². The van der Waals surface area contributed by atoms with E-state index in [1.165, 1.54) is 0 Å². The van der Waals surface area contributed by atoms with Crippen molar-refractivity contribution in [2.24, 2.45) is 5.10 Å². The molecule has 0 spiro atoms. The molecule has 0 aliphatic carbocycles. The van der Waals surface area contributed by atoms with Crippen molar-refractivity contribution >= 4 is 34.6 Å². The Morgan fingerprint density at radius 3 is 3.25 bits per heavy atom. The summed E-state index contributed by atoms with van der Waals surface area (Å²) in [5, 5.41) is 5.56. The molecule has 0 bridgehead atoms. The summed E-state index contributed by atoms with van der Waals surface area (Å²) in [7, 11) is 0. The Bertz CT molecular complexity index is 269. The Morgan fingerprint density at radius 2 is 2.67 bits per heavy atom. The van der Waals surface area contributed by atoms with Gasteiger partial charge in [-0.15, -0.1) is 11.3 Å². The second-order valence-electron chi connectivity index (χ2n) is 1.88. The third-order valence-electron chi connectivity index (χ3n) is 1.08. The van der Waals surface area contributed by atoms with Gasteiger partial charge in [-0.3, -0.25) is 4.79 Å². The third-order valence-corrected chi connectivity index (χ3v) is 2.35. The lowest BCUT2D eigenvalue weighted by Crippen LogP contribution is -2.10. The van der Waals surface area contributed by atoms with Crippen molar-refractivity contribution in [2.45, 2.75) is 0 Å². The van der Waals surface area contributed by atoms with E-state index in [1.54, 1.807) is 23.8 Å². The summed E-state index contributed by atoms with van der Waals surface area (Å²) >= 11 is 2.68. The molecule has 0 saturated carbocycles. The molecule has 0 aromatic carbocycles. The zero-order valence-corrected chi connectivity index (χ0v) is 8.11. The van der Waals surface area contributed by atoms with Gasteiger partial charge in [-0.05, 0) is 17.7 Å². The lowest BCUT2D eigenvalue weighted by atomic mass is 10.5. The first-order valence-electron chi connectivity index (χ1n) is 3.23. The fraction of sp³-hybridized carbons (Fsp3) is 0.143. The Labute approximate surface area is 78.9 Å². The number of carbonyl (C=O) groups excluding carboxylic acids is 1. The molecule has 0 atom stereocenters. The van der Waals surface area contributed by atoms with Crippen molar-refractivity contribution < 1.29 is 4.79 Å². The first-order valence-corrected chi connectivity index (χ1v) is 5.34. The number of nitrogens with one attached hydrogen (secondary N) is 1. The Balaban J connectivity index is 2.37. The minimum Gasteiger partial charge on any atom is -0.260 e. The molecule has 0 unspecified atom stereocenters. The first kappa shape index (κ1) is 9.28. The Morgan fingerprint density at radius 1 is 1.83 bits per heavy atom. The third kappa shape index (κ3) is 3.06. The molecule has 0 aliphatic heterocycles. The minimum atomic E-state index is -0.150. The lowest BCUT2D eigenvalue weighted by Gasteiger charge is -1.91. The average Bonchev–Trinajstić information content (AvgIpc) is 2.57. The van der Waals surface area contributed by atoms with Crippen LogP contribution in [-0.2, 0) is 0 Å². The highest BCUT2D eigenvalue weighted by Crippen LogP contribution is 2.04. The molecule has 1 heterocycles. The van der Waals surface area contributed by atoms with Crippen LogP contribution in [0.3, 0.4) is 0 Å². The number of thiophene rings is 1. The molecule has 1 aromatic heterocycles.